The van der Waals surface area contributed by atoms with Gasteiger partial charge in [0.2, 0.25) is 5.91 Å². The molecule has 3 aromatic rings. The summed E-state index contributed by atoms with van der Waals surface area (Å²) in [4.78, 5) is 12.5. The van der Waals surface area contributed by atoms with Gasteiger partial charge in [-0.2, -0.15) is 0 Å². The highest BCUT2D eigenvalue weighted by atomic mass is 32.2. The summed E-state index contributed by atoms with van der Waals surface area (Å²) in [5.41, 5.74) is 3.17. The largest absolute Gasteiger partial charge is 0.355 e. The molecule has 1 heterocycles. The Hall–Kier alpha value is -2.67. The third kappa shape index (κ3) is 5.23. The number of carbonyl (C=O) groups excluding carboxylic acids is 1. The van der Waals surface area contributed by atoms with E-state index in [1.54, 1.807) is 12.1 Å². The van der Waals surface area contributed by atoms with E-state index in [1.165, 1.54) is 23.9 Å². The van der Waals surface area contributed by atoms with Crippen LogP contribution in [0.1, 0.15) is 25.0 Å². The third-order valence-electron chi connectivity index (χ3n) is 4.70. The number of carbonyl (C=O) groups is 1. The number of halogens is 1. The molecule has 0 spiro atoms. The first-order valence-corrected chi connectivity index (χ1v) is 10.6. The Kier molecular flexibility index (Phi) is 7.04. The van der Waals surface area contributed by atoms with Gasteiger partial charge in [0.25, 0.3) is 0 Å². The molecule has 1 amide bonds. The maximum atomic E-state index is 13.0. The van der Waals surface area contributed by atoms with E-state index in [4.69, 9.17) is 0 Å². The highest BCUT2D eigenvalue weighted by Crippen LogP contribution is 2.28. The molecule has 0 radical (unpaired) electrons. The molecular weight excluding hydrogens is 387 g/mol. The van der Waals surface area contributed by atoms with Gasteiger partial charge in [-0.05, 0) is 50.5 Å². The number of aryl methyl sites for hydroxylation is 1. The van der Waals surface area contributed by atoms with Gasteiger partial charge in [-0.25, -0.2) is 4.39 Å². The highest BCUT2D eigenvalue weighted by Gasteiger charge is 2.20. The average Bonchev–Trinajstić information content (AvgIpc) is 3.12. The van der Waals surface area contributed by atoms with Crippen molar-refractivity contribution < 1.29 is 9.18 Å². The van der Waals surface area contributed by atoms with Gasteiger partial charge in [0.15, 0.2) is 11.0 Å². The maximum absolute atomic E-state index is 13.0. The third-order valence-corrected chi connectivity index (χ3v) is 5.78. The molecule has 0 aliphatic carbocycles. The molecule has 3 rings (SSSR count). The van der Waals surface area contributed by atoms with E-state index >= 15 is 0 Å². The Morgan fingerprint density at radius 2 is 1.90 bits per heavy atom. The Morgan fingerprint density at radius 3 is 2.59 bits per heavy atom. The van der Waals surface area contributed by atoms with Crippen molar-refractivity contribution >= 4 is 17.7 Å². The van der Waals surface area contributed by atoms with E-state index < -0.39 is 0 Å². The summed E-state index contributed by atoms with van der Waals surface area (Å²) >= 11 is 1.40. The fourth-order valence-corrected chi connectivity index (χ4v) is 3.96. The van der Waals surface area contributed by atoms with Crippen LogP contribution < -0.4 is 5.32 Å². The molecule has 0 saturated heterocycles. The SMILES string of the molecule is CCn1c(S[C@H](C)C(=O)NCCc2ccc(F)cc2)nnc1-c1ccccc1C. The van der Waals surface area contributed by atoms with Crippen LogP contribution in [0.4, 0.5) is 4.39 Å². The standard InChI is InChI=1S/C22H25FN4OS/c1-4-27-20(19-8-6-5-7-15(19)2)25-26-22(27)29-16(3)21(28)24-14-13-17-9-11-18(23)12-10-17/h5-12,16H,4,13-14H2,1-3H3,(H,24,28)/t16-/m1/s1. The number of hydrogen-bond acceptors (Lipinski definition) is 4. The van der Waals surface area contributed by atoms with E-state index in [-0.39, 0.29) is 17.0 Å². The molecule has 0 saturated carbocycles. The Bertz CT molecular complexity index is 971. The number of nitrogens with zero attached hydrogens (tertiary/aromatic N) is 3. The smallest absolute Gasteiger partial charge is 0.233 e. The van der Waals surface area contributed by atoms with Crippen LogP contribution in [0.25, 0.3) is 11.4 Å². The molecule has 5 nitrogen and oxygen atoms in total. The van der Waals surface area contributed by atoms with Crippen LogP contribution >= 0.6 is 11.8 Å². The van der Waals surface area contributed by atoms with E-state index in [1.807, 2.05) is 49.6 Å². The van der Waals surface area contributed by atoms with Crippen LogP contribution in [0.15, 0.2) is 53.7 Å². The second-order valence-electron chi connectivity index (χ2n) is 6.79. The van der Waals surface area contributed by atoms with Crippen molar-refractivity contribution in [2.75, 3.05) is 6.54 Å². The first-order valence-electron chi connectivity index (χ1n) is 9.67. The van der Waals surface area contributed by atoms with Crippen LogP contribution in [0.2, 0.25) is 0 Å². The zero-order chi connectivity index (χ0) is 20.8. The lowest BCUT2D eigenvalue weighted by molar-refractivity contribution is -0.120. The maximum Gasteiger partial charge on any atom is 0.233 e. The monoisotopic (exact) mass is 412 g/mol. The van der Waals surface area contributed by atoms with Crippen LogP contribution in [-0.2, 0) is 17.8 Å². The van der Waals surface area contributed by atoms with Gasteiger partial charge >= 0.3 is 0 Å². The first-order chi connectivity index (χ1) is 14.0. The fraction of sp³-hybridized carbons (Fsp3) is 0.318. The van der Waals surface area contributed by atoms with Crippen molar-refractivity contribution in [1.29, 1.82) is 0 Å². The summed E-state index contributed by atoms with van der Waals surface area (Å²) in [6.07, 6.45) is 0.659. The van der Waals surface area contributed by atoms with Gasteiger partial charge in [-0.3, -0.25) is 4.79 Å². The van der Waals surface area contributed by atoms with Gasteiger partial charge in [-0.1, -0.05) is 48.2 Å². The van der Waals surface area contributed by atoms with E-state index in [2.05, 4.69) is 15.5 Å². The molecule has 0 aliphatic rings. The molecule has 2 aromatic carbocycles. The number of amides is 1. The highest BCUT2D eigenvalue weighted by molar-refractivity contribution is 8.00. The van der Waals surface area contributed by atoms with Crippen LogP contribution in [0.3, 0.4) is 0 Å². The second kappa shape index (κ2) is 9.69. The van der Waals surface area contributed by atoms with Crippen molar-refractivity contribution in [3.05, 3.63) is 65.5 Å². The number of rotatable bonds is 8. The Balaban J connectivity index is 1.61. The number of hydrogen-bond donors (Lipinski definition) is 1. The molecule has 0 aliphatic heterocycles. The normalized spacial score (nSPS) is 12.0. The molecule has 0 unspecified atom stereocenters. The van der Waals surface area contributed by atoms with Gasteiger partial charge in [-0.15, -0.1) is 10.2 Å². The fourth-order valence-electron chi connectivity index (χ4n) is 3.02. The summed E-state index contributed by atoms with van der Waals surface area (Å²) < 4.78 is 15.0. The summed E-state index contributed by atoms with van der Waals surface area (Å²) in [6, 6.07) is 14.4. The molecule has 0 bridgehead atoms. The lowest BCUT2D eigenvalue weighted by atomic mass is 10.1. The Morgan fingerprint density at radius 1 is 1.17 bits per heavy atom. The minimum absolute atomic E-state index is 0.0554. The molecule has 0 fully saturated rings. The predicted molar refractivity (Wildman–Crippen MR) is 114 cm³/mol. The van der Waals surface area contributed by atoms with Crippen LogP contribution in [0, 0.1) is 12.7 Å². The zero-order valence-corrected chi connectivity index (χ0v) is 17.7. The van der Waals surface area contributed by atoms with Crippen molar-refractivity contribution in [2.45, 2.75) is 44.1 Å². The Labute approximate surface area is 174 Å². The predicted octanol–water partition coefficient (Wildman–Crippen LogP) is 4.25. The van der Waals surface area contributed by atoms with Gasteiger partial charge in [0.05, 0.1) is 5.25 Å². The minimum atomic E-state index is -0.303. The second-order valence-corrected chi connectivity index (χ2v) is 8.10. The zero-order valence-electron chi connectivity index (χ0n) is 16.9. The first kappa shape index (κ1) is 21.0. The number of aromatic nitrogens is 3. The number of benzene rings is 2. The minimum Gasteiger partial charge on any atom is -0.355 e. The van der Waals surface area contributed by atoms with Gasteiger partial charge in [0.1, 0.15) is 5.82 Å². The average molecular weight is 413 g/mol. The lowest BCUT2D eigenvalue weighted by Crippen LogP contribution is -2.32. The lowest BCUT2D eigenvalue weighted by Gasteiger charge is -2.13. The molecule has 152 valence electrons. The van der Waals surface area contributed by atoms with Crippen LogP contribution in [-0.4, -0.2) is 32.5 Å². The molecule has 1 N–H and O–H groups in total. The van der Waals surface area contributed by atoms with Crippen molar-refractivity contribution in [3.63, 3.8) is 0 Å². The van der Waals surface area contributed by atoms with Crippen LogP contribution in [0.5, 0.6) is 0 Å². The molecule has 1 aromatic heterocycles. The summed E-state index contributed by atoms with van der Waals surface area (Å²) in [5.74, 6) is 0.505. The van der Waals surface area contributed by atoms with Crippen molar-refractivity contribution in [3.8, 4) is 11.4 Å². The summed E-state index contributed by atoms with van der Waals surface area (Å²) in [6.45, 7) is 7.18. The summed E-state index contributed by atoms with van der Waals surface area (Å²) in [5, 5.41) is 12.1. The van der Waals surface area contributed by atoms with Gasteiger partial charge in [0, 0.05) is 18.7 Å². The van der Waals surface area contributed by atoms with Crippen molar-refractivity contribution in [2.24, 2.45) is 0 Å². The van der Waals surface area contributed by atoms with E-state index in [9.17, 15) is 9.18 Å². The summed E-state index contributed by atoms with van der Waals surface area (Å²) in [7, 11) is 0. The quantitative estimate of drug-likeness (QED) is 0.562. The molecular formula is C22H25FN4OS. The van der Waals surface area contributed by atoms with Crippen molar-refractivity contribution in [1.82, 2.24) is 20.1 Å². The molecule has 7 heteroatoms. The number of nitrogens with one attached hydrogen (secondary N) is 1. The molecule has 29 heavy (non-hydrogen) atoms. The topological polar surface area (TPSA) is 59.8 Å². The van der Waals surface area contributed by atoms with E-state index in [0.717, 1.165) is 34.2 Å². The van der Waals surface area contributed by atoms with E-state index in [0.29, 0.717) is 13.0 Å². The number of thioether (sulfide) groups is 1. The van der Waals surface area contributed by atoms with Gasteiger partial charge < -0.3 is 9.88 Å². The molecule has 1 atom stereocenters.